The van der Waals surface area contributed by atoms with Gasteiger partial charge in [-0.1, -0.05) is 98.2 Å². The van der Waals surface area contributed by atoms with E-state index in [4.69, 9.17) is 47.8 Å². The molecule has 3 atom stereocenters. The Hall–Kier alpha value is -11.3. The Bertz CT molecular complexity index is 5560. The van der Waals surface area contributed by atoms with Gasteiger partial charge in [0, 0.05) is 109 Å². The van der Waals surface area contributed by atoms with Crippen LogP contribution in [0.15, 0.2) is 171 Å². The number of anilines is 1. The average Bonchev–Trinajstić information content (AvgIpc) is 1.59. The second kappa shape index (κ2) is 31.5. The summed E-state index contributed by atoms with van der Waals surface area (Å²) < 4.78 is 33.8. The number of pyridine rings is 2. The van der Waals surface area contributed by atoms with Crippen molar-refractivity contribution in [2.24, 2.45) is 5.73 Å². The second-order valence-corrected chi connectivity index (χ2v) is 29.4. The van der Waals surface area contributed by atoms with Crippen molar-refractivity contribution in [2.75, 3.05) is 18.8 Å². The number of ether oxygens (including phenoxy) is 3. The van der Waals surface area contributed by atoms with Gasteiger partial charge in [-0.05, 0) is 189 Å². The summed E-state index contributed by atoms with van der Waals surface area (Å²) in [6, 6.07) is 44.3. The molecular formula is C83H89ClFN13O6. The highest BCUT2D eigenvalue weighted by molar-refractivity contribution is 6.32. The molecule has 15 rings (SSSR count). The number of fused-ring (bicyclic) bond motifs is 12. The standard InChI is InChI=1S/C16H22N2O2.C16H18N2O2.C15H15FN2O2.C12H10ClN3.C12H14N2.C12H10N2/c2*1-11(9-17)13-10-18(15(19)20-16(2,3)4)14-8-6-5-7-12(13)14;1-15(2,3)20-14(19)18-9-10(6-7-17)12-5-4-11(16)8-13(12)18;1-6-4-15-5-10-11(6)8-2-7(13)3-9(14)12(8)16-10;2*1-8-6-13-7-11-12(8)9-4-2-3-5-10(9)14-11/h5-8,10-11H,9,17H2,1-4H3;5-8,10-11H,1-4H3;4-5,8-9H,6H2,1-3H3;2-5,16H,14H2,1H3;2-5,8,13-14H,6-7H2,1H3;2-7,14H,1H3. The molecular weight excluding hydrogens is 1330 g/mol. The number of nitrogens with one attached hydrogen (secondary N) is 4. The number of nitrogens with zero attached hydrogens (tertiary/aromatic N) is 7. The Kier molecular flexibility index (Phi) is 22.9. The number of aromatic nitrogens is 8. The van der Waals surface area contributed by atoms with Crippen molar-refractivity contribution in [3.05, 3.63) is 221 Å². The van der Waals surface area contributed by atoms with Crippen LogP contribution in [-0.4, -0.2) is 86.8 Å². The lowest BCUT2D eigenvalue weighted by Crippen LogP contribution is -2.26. The van der Waals surface area contributed by atoms with E-state index in [1.165, 1.54) is 71.5 Å². The van der Waals surface area contributed by atoms with E-state index in [2.05, 4.69) is 99.5 Å². The molecule has 0 saturated carbocycles. The van der Waals surface area contributed by atoms with E-state index in [1.807, 2.05) is 147 Å². The zero-order valence-corrected chi connectivity index (χ0v) is 62.0. The number of nitrogens with two attached hydrogens (primary N) is 2. The van der Waals surface area contributed by atoms with Gasteiger partial charge >= 0.3 is 18.3 Å². The van der Waals surface area contributed by atoms with Gasteiger partial charge in [0.25, 0.3) is 0 Å². The van der Waals surface area contributed by atoms with Gasteiger partial charge in [0.15, 0.2) is 0 Å². The van der Waals surface area contributed by atoms with Gasteiger partial charge in [-0.2, -0.15) is 10.5 Å². The molecule has 1 aliphatic rings. The molecule has 6 aromatic carbocycles. The molecule has 14 aromatic rings. The fraction of sp³-hybridized carbons (Fsp3) is 0.289. The summed E-state index contributed by atoms with van der Waals surface area (Å²) in [6.07, 6.45) is 11.3. The first-order chi connectivity index (χ1) is 49.4. The number of hydrogen-bond donors (Lipinski definition) is 6. The van der Waals surface area contributed by atoms with Gasteiger partial charge in [-0.3, -0.25) is 23.7 Å². The summed E-state index contributed by atoms with van der Waals surface area (Å²) in [6.45, 7) is 29.2. The van der Waals surface area contributed by atoms with Crippen molar-refractivity contribution >= 4 is 123 Å². The molecule has 0 bridgehead atoms. The van der Waals surface area contributed by atoms with Gasteiger partial charge in [0.05, 0.1) is 75.7 Å². The average molecular weight is 1420 g/mol. The summed E-state index contributed by atoms with van der Waals surface area (Å²) in [5.74, 6) is 0.103. The van der Waals surface area contributed by atoms with E-state index >= 15 is 0 Å². The van der Waals surface area contributed by atoms with Crippen LogP contribution in [0.5, 0.6) is 0 Å². The van der Waals surface area contributed by atoms with Crippen LogP contribution in [0.1, 0.15) is 140 Å². The Morgan fingerprint density at radius 1 is 0.606 bits per heavy atom. The van der Waals surface area contributed by atoms with Gasteiger partial charge < -0.3 is 45.9 Å². The number of carbonyl (C=O) groups is 3. The van der Waals surface area contributed by atoms with Gasteiger partial charge in [-0.15, -0.1) is 0 Å². The number of halogens is 2. The molecule has 0 spiro atoms. The molecule has 3 unspecified atom stereocenters. The van der Waals surface area contributed by atoms with Crippen molar-refractivity contribution in [1.82, 2.24) is 43.9 Å². The van der Waals surface area contributed by atoms with Crippen molar-refractivity contribution in [3.8, 4) is 12.1 Å². The zero-order valence-electron chi connectivity index (χ0n) is 61.2. The first-order valence-electron chi connectivity index (χ1n) is 34.5. The number of nitrogen functional groups attached to an aromatic ring is 1. The van der Waals surface area contributed by atoms with E-state index in [0.29, 0.717) is 39.6 Å². The number of para-hydroxylation sites is 4. The SMILES string of the molecule is CC(C#N)c1cn(C(=O)OC(C)(C)C)c2ccccc12.CC(C)(C)OC(=O)n1cc(CC#N)c2ccc(F)cc21.CC(CN)c1cn(C(=O)OC(C)(C)C)c2ccccc12.CC1CNCc2[nH]c3ccccc3c21.Cc1cncc2[nH]c3c(N)cc(Cl)cc3c12.Cc1cncc2[nH]c3ccccc3c12. The van der Waals surface area contributed by atoms with Gasteiger partial charge in [0.2, 0.25) is 0 Å². The van der Waals surface area contributed by atoms with E-state index in [-0.39, 0.29) is 24.3 Å². The minimum atomic E-state index is -0.642. The van der Waals surface area contributed by atoms with Crippen LogP contribution in [0.25, 0.3) is 87.2 Å². The van der Waals surface area contributed by atoms with Crippen LogP contribution in [0.3, 0.4) is 0 Å². The maximum Gasteiger partial charge on any atom is 0.419 e. The number of rotatable bonds is 4. The normalized spacial score (nSPS) is 13.4. The molecule has 0 aliphatic carbocycles. The molecule has 21 heteroatoms. The van der Waals surface area contributed by atoms with Crippen LogP contribution in [0.2, 0.25) is 5.02 Å². The van der Waals surface area contributed by atoms with E-state index < -0.39 is 34.8 Å². The summed E-state index contributed by atoms with van der Waals surface area (Å²) >= 11 is 6.02. The lowest BCUT2D eigenvalue weighted by atomic mass is 9.95. The quantitative estimate of drug-likeness (QED) is 0.0707. The molecule has 104 heavy (non-hydrogen) atoms. The van der Waals surface area contributed by atoms with Crippen LogP contribution in [-0.2, 0) is 27.2 Å². The smallest absolute Gasteiger partial charge is 0.419 e. The molecule has 0 amide bonds. The van der Waals surface area contributed by atoms with Crippen molar-refractivity contribution in [2.45, 2.75) is 144 Å². The molecule has 19 nitrogen and oxygen atoms in total. The monoisotopic (exact) mass is 1420 g/mol. The van der Waals surface area contributed by atoms with Crippen LogP contribution in [0.4, 0.5) is 24.5 Å². The predicted molar refractivity (Wildman–Crippen MR) is 416 cm³/mol. The topological polar surface area (TPSA) is 278 Å². The molecule has 0 saturated heterocycles. The van der Waals surface area contributed by atoms with Crippen molar-refractivity contribution in [1.29, 1.82) is 10.5 Å². The minimum Gasteiger partial charge on any atom is -0.443 e. The highest BCUT2D eigenvalue weighted by atomic mass is 35.5. The van der Waals surface area contributed by atoms with Gasteiger partial charge in [-0.25, -0.2) is 18.8 Å². The third-order valence-corrected chi connectivity index (χ3v) is 17.6. The number of carbonyl (C=O) groups excluding carboxylic acids is 3. The lowest BCUT2D eigenvalue weighted by Gasteiger charge is -2.20. The summed E-state index contributed by atoms with van der Waals surface area (Å²) in [7, 11) is 0. The molecule has 1 aliphatic heterocycles. The Balaban J connectivity index is 0.000000135. The molecule has 0 radical (unpaired) electrons. The predicted octanol–water partition coefficient (Wildman–Crippen LogP) is 19.8. The third kappa shape index (κ3) is 17.3. The van der Waals surface area contributed by atoms with Crippen LogP contribution < -0.4 is 16.8 Å². The fourth-order valence-electron chi connectivity index (χ4n) is 12.8. The fourth-order valence-corrected chi connectivity index (χ4v) is 13.0. The Morgan fingerprint density at radius 2 is 1.10 bits per heavy atom. The van der Waals surface area contributed by atoms with Crippen LogP contribution >= 0.6 is 11.6 Å². The summed E-state index contributed by atoms with van der Waals surface area (Å²) in [4.78, 5) is 55.1. The Labute approximate surface area is 608 Å². The first kappa shape index (κ1) is 75.4. The molecule has 8 aromatic heterocycles. The zero-order chi connectivity index (χ0) is 75.1. The molecule has 536 valence electrons. The summed E-state index contributed by atoms with van der Waals surface area (Å²) in [5, 5.41) is 30.8. The van der Waals surface area contributed by atoms with Crippen LogP contribution in [0, 0.1) is 42.3 Å². The largest absolute Gasteiger partial charge is 0.443 e. The third-order valence-electron chi connectivity index (χ3n) is 17.4. The van der Waals surface area contributed by atoms with Crippen molar-refractivity contribution < 1.29 is 33.0 Å². The molecule has 8 N–H and O–H groups in total. The number of hydrogen-bond acceptors (Lipinski definition) is 13. The lowest BCUT2D eigenvalue weighted by molar-refractivity contribution is 0.0533. The number of aryl methyl sites for hydroxylation is 2. The molecule has 0 fully saturated rings. The van der Waals surface area contributed by atoms with E-state index in [1.54, 1.807) is 49.9 Å². The molecule has 9 heterocycles. The highest BCUT2D eigenvalue weighted by Crippen LogP contribution is 2.36. The minimum absolute atomic E-state index is 0.151. The first-order valence-corrected chi connectivity index (χ1v) is 34.8. The number of benzene rings is 6. The highest BCUT2D eigenvalue weighted by Gasteiger charge is 2.26. The summed E-state index contributed by atoms with van der Waals surface area (Å²) in [5.41, 5.74) is 26.0. The number of H-pyrrole nitrogens is 3. The maximum atomic E-state index is 13.4. The van der Waals surface area contributed by atoms with E-state index in [0.717, 1.165) is 78.9 Å². The van der Waals surface area contributed by atoms with Gasteiger partial charge in [0.1, 0.15) is 22.6 Å². The van der Waals surface area contributed by atoms with E-state index in [9.17, 15) is 18.8 Å². The number of nitriles is 2. The van der Waals surface area contributed by atoms with Crippen molar-refractivity contribution in [3.63, 3.8) is 0 Å². The number of aromatic amines is 3. The Morgan fingerprint density at radius 3 is 1.64 bits per heavy atom. The maximum absolute atomic E-state index is 13.4. The second-order valence-electron chi connectivity index (χ2n) is 29.0.